The van der Waals surface area contributed by atoms with Crippen molar-refractivity contribution in [3.05, 3.63) is 41.9 Å². The van der Waals surface area contributed by atoms with E-state index in [9.17, 15) is 4.79 Å². The summed E-state index contributed by atoms with van der Waals surface area (Å²) in [7, 11) is 1.05. The van der Waals surface area contributed by atoms with Crippen LogP contribution in [0, 0.1) is 5.92 Å². The maximum atomic E-state index is 11.5. The summed E-state index contributed by atoms with van der Waals surface area (Å²) in [6.45, 7) is 10.4. The van der Waals surface area contributed by atoms with Gasteiger partial charge in [-0.3, -0.25) is 4.79 Å². The highest BCUT2D eigenvalue weighted by molar-refractivity contribution is 6.51. The van der Waals surface area contributed by atoms with Crippen LogP contribution in [-0.2, 0) is 25.3 Å². The zero-order chi connectivity index (χ0) is 19.4. The van der Waals surface area contributed by atoms with Crippen molar-refractivity contribution in [2.75, 3.05) is 13.7 Å². The number of carbonyl (C=O) groups is 1. The van der Waals surface area contributed by atoms with Gasteiger partial charge in [0.1, 0.15) is 12.4 Å². The van der Waals surface area contributed by atoms with Crippen LogP contribution in [-0.4, -0.2) is 38.0 Å². The van der Waals surface area contributed by atoms with Gasteiger partial charge >= 0.3 is 13.1 Å². The molecule has 0 radical (unpaired) electrons. The smallest absolute Gasteiger partial charge is 0.486 e. The molecule has 1 atom stereocenters. The van der Waals surface area contributed by atoms with Crippen LogP contribution >= 0.6 is 0 Å². The molecular formula is C20H29BO5. The maximum Gasteiger partial charge on any atom is 0.486 e. The summed E-state index contributed by atoms with van der Waals surface area (Å²) in [5, 5.41) is 0. The highest BCUT2D eigenvalue weighted by Gasteiger charge is 2.49. The lowest BCUT2D eigenvalue weighted by Crippen LogP contribution is -2.41. The third-order valence-corrected chi connectivity index (χ3v) is 4.98. The van der Waals surface area contributed by atoms with E-state index < -0.39 is 0 Å². The lowest BCUT2D eigenvalue weighted by atomic mass is 9.90. The number of benzene rings is 1. The molecule has 0 spiro atoms. The van der Waals surface area contributed by atoms with Gasteiger partial charge in [-0.2, -0.15) is 0 Å². The number of methoxy groups -OCH3 is 1. The molecule has 1 aromatic rings. The van der Waals surface area contributed by atoms with E-state index in [0.29, 0.717) is 13.0 Å². The molecule has 26 heavy (non-hydrogen) atoms. The summed E-state index contributed by atoms with van der Waals surface area (Å²) in [6.07, 6.45) is 2.55. The number of hydrogen-bond donors (Lipinski definition) is 0. The second kappa shape index (κ2) is 8.27. The molecule has 1 aliphatic rings. The van der Waals surface area contributed by atoms with Crippen molar-refractivity contribution in [1.82, 2.24) is 0 Å². The second-order valence-electron chi connectivity index (χ2n) is 7.64. The summed E-state index contributed by atoms with van der Waals surface area (Å²) >= 11 is 0. The summed E-state index contributed by atoms with van der Waals surface area (Å²) in [5.74, 6) is 2.30. The Morgan fingerprint density at radius 1 is 1.15 bits per heavy atom. The van der Waals surface area contributed by atoms with Gasteiger partial charge < -0.3 is 18.8 Å². The van der Waals surface area contributed by atoms with Crippen LogP contribution in [0.15, 0.2) is 36.3 Å². The molecule has 2 rings (SSSR count). The van der Waals surface area contributed by atoms with Crippen molar-refractivity contribution in [1.29, 1.82) is 0 Å². The topological polar surface area (TPSA) is 54.0 Å². The van der Waals surface area contributed by atoms with E-state index in [1.807, 2.05) is 70.9 Å². The number of ether oxygens (including phenoxy) is 2. The number of carbonyl (C=O) groups excluding carboxylic acids is 1. The quantitative estimate of drug-likeness (QED) is 0.549. The Balaban J connectivity index is 1.79. The lowest BCUT2D eigenvalue weighted by molar-refractivity contribution is -0.144. The molecule has 1 unspecified atom stereocenters. The molecule has 142 valence electrons. The highest BCUT2D eigenvalue weighted by atomic mass is 16.7. The third-order valence-electron chi connectivity index (χ3n) is 4.98. The van der Waals surface area contributed by atoms with Crippen LogP contribution in [0.1, 0.15) is 40.2 Å². The van der Waals surface area contributed by atoms with E-state index in [4.69, 9.17) is 18.8 Å². The number of rotatable bonds is 7. The number of esters is 1. The van der Waals surface area contributed by atoms with E-state index in [-0.39, 0.29) is 30.2 Å². The van der Waals surface area contributed by atoms with E-state index in [0.717, 1.165) is 11.3 Å². The third kappa shape index (κ3) is 5.11. The Hall–Kier alpha value is -1.79. The lowest BCUT2D eigenvalue weighted by Gasteiger charge is -2.32. The molecule has 1 aliphatic heterocycles. The first-order valence-electron chi connectivity index (χ1n) is 8.96. The Morgan fingerprint density at radius 3 is 2.27 bits per heavy atom. The van der Waals surface area contributed by atoms with Gasteiger partial charge in [0.05, 0.1) is 24.2 Å². The van der Waals surface area contributed by atoms with Crippen molar-refractivity contribution >= 4 is 13.1 Å². The zero-order valence-corrected chi connectivity index (χ0v) is 16.6. The van der Waals surface area contributed by atoms with Crippen molar-refractivity contribution < 1.29 is 23.6 Å². The minimum atomic E-state index is -0.356. The Morgan fingerprint density at radius 2 is 1.73 bits per heavy atom. The molecule has 1 aromatic carbocycles. The van der Waals surface area contributed by atoms with Crippen LogP contribution in [0.2, 0.25) is 0 Å². The molecule has 5 nitrogen and oxygen atoms in total. The average Bonchev–Trinajstić information content (AvgIpc) is 2.79. The van der Waals surface area contributed by atoms with Crippen molar-refractivity contribution in [2.45, 2.75) is 52.2 Å². The first-order chi connectivity index (χ1) is 12.1. The summed E-state index contributed by atoms with van der Waals surface area (Å²) in [4.78, 5) is 11.5. The zero-order valence-electron chi connectivity index (χ0n) is 16.6. The normalized spacial score (nSPS) is 19.5. The van der Waals surface area contributed by atoms with Crippen LogP contribution in [0.25, 0.3) is 0 Å². The van der Waals surface area contributed by atoms with Gasteiger partial charge in [-0.1, -0.05) is 31.1 Å². The predicted octanol–water partition coefficient (Wildman–Crippen LogP) is 3.60. The van der Waals surface area contributed by atoms with Crippen molar-refractivity contribution in [2.24, 2.45) is 5.92 Å². The fourth-order valence-corrected chi connectivity index (χ4v) is 2.64. The van der Waals surface area contributed by atoms with Gasteiger partial charge in [0.25, 0.3) is 0 Å². The van der Waals surface area contributed by atoms with Gasteiger partial charge in [0.15, 0.2) is 0 Å². The maximum absolute atomic E-state index is 11.5. The molecule has 0 bridgehead atoms. The van der Waals surface area contributed by atoms with Crippen LogP contribution < -0.4 is 4.74 Å². The molecule has 1 fully saturated rings. The molecule has 1 heterocycles. The molecule has 1 saturated heterocycles. The van der Waals surface area contributed by atoms with Crippen molar-refractivity contribution in [3.63, 3.8) is 0 Å². The standard InChI is InChI=1S/C20H29BO5/c1-15(18(22)23-6)14-16-8-10-17(11-9-16)24-13-7-12-21-25-19(2,3)20(4,5)26-21/h7-12,15H,13-14H2,1-6H3/b12-7+. The Labute approximate surface area is 156 Å². The molecule has 0 saturated carbocycles. The van der Waals surface area contributed by atoms with E-state index in [2.05, 4.69) is 0 Å². The van der Waals surface area contributed by atoms with Gasteiger partial charge in [-0.15, -0.1) is 0 Å². The van der Waals surface area contributed by atoms with Crippen LogP contribution in [0.3, 0.4) is 0 Å². The van der Waals surface area contributed by atoms with Gasteiger partial charge in [0, 0.05) is 0 Å². The Bertz CT molecular complexity index is 620. The van der Waals surface area contributed by atoms with E-state index >= 15 is 0 Å². The molecule has 0 N–H and O–H groups in total. The fourth-order valence-electron chi connectivity index (χ4n) is 2.64. The average molecular weight is 360 g/mol. The Kier molecular flexibility index (Phi) is 6.53. The molecule has 0 aliphatic carbocycles. The highest BCUT2D eigenvalue weighted by Crippen LogP contribution is 2.36. The monoisotopic (exact) mass is 360 g/mol. The SMILES string of the molecule is COC(=O)C(C)Cc1ccc(OC/C=C/B2OC(C)(C)C(C)(C)O2)cc1. The second-order valence-corrected chi connectivity index (χ2v) is 7.64. The van der Waals surface area contributed by atoms with Crippen LogP contribution in [0.5, 0.6) is 5.75 Å². The van der Waals surface area contributed by atoms with Gasteiger partial charge in [-0.25, -0.2) is 0 Å². The van der Waals surface area contributed by atoms with Gasteiger partial charge in [-0.05, 0) is 51.8 Å². The predicted molar refractivity (Wildman–Crippen MR) is 102 cm³/mol. The summed E-state index contributed by atoms with van der Waals surface area (Å²) in [6, 6.07) is 7.74. The fraction of sp³-hybridized carbons (Fsp3) is 0.550. The van der Waals surface area contributed by atoms with E-state index in [1.165, 1.54) is 7.11 Å². The number of hydrogen-bond acceptors (Lipinski definition) is 5. The first-order valence-corrected chi connectivity index (χ1v) is 8.96. The summed E-state index contributed by atoms with van der Waals surface area (Å²) < 4.78 is 22.2. The molecule has 0 amide bonds. The summed E-state index contributed by atoms with van der Waals surface area (Å²) in [5.41, 5.74) is 0.406. The minimum Gasteiger partial charge on any atom is -0.490 e. The largest absolute Gasteiger partial charge is 0.490 e. The van der Waals surface area contributed by atoms with E-state index in [1.54, 1.807) is 0 Å². The van der Waals surface area contributed by atoms with Gasteiger partial charge in [0.2, 0.25) is 0 Å². The van der Waals surface area contributed by atoms with Crippen LogP contribution in [0.4, 0.5) is 0 Å². The molecular weight excluding hydrogens is 331 g/mol. The van der Waals surface area contributed by atoms with Crippen molar-refractivity contribution in [3.8, 4) is 5.75 Å². The molecule has 6 heteroatoms. The minimum absolute atomic E-state index is 0.158. The first kappa shape index (κ1) is 20.5. The molecule has 0 aromatic heterocycles.